The van der Waals surface area contributed by atoms with Crippen molar-refractivity contribution in [1.29, 1.82) is 0 Å². The van der Waals surface area contributed by atoms with Crippen LogP contribution in [0.15, 0.2) is 78.0 Å². The molecule has 10 nitrogen and oxygen atoms in total. The van der Waals surface area contributed by atoms with Gasteiger partial charge in [0.1, 0.15) is 18.7 Å². The third-order valence-electron chi connectivity index (χ3n) is 6.16. The highest BCUT2D eigenvalue weighted by molar-refractivity contribution is 8.15. The van der Waals surface area contributed by atoms with E-state index in [4.69, 9.17) is 4.74 Å². The Bertz CT molecular complexity index is 1670. The number of alkyl halides is 4. The van der Waals surface area contributed by atoms with E-state index in [1.165, 1.54) is 28.0 Å². The minimum absolute atomic E-state index is 0.0230. The molecule has 3 aromatic carbocycles. The van der Waals surface area contributed by atoms with Crippen LogP contribution >= 0.6 is 11.8 Å². The van der Waals surface area contributed by atoms with Gasteiger partial charge in [-0.2, -0.15) is 13.8 Å². The molecule has 0 unspecified atom stereocenters. The van der Waals surface area contributed by atoms with Crippen LogP contribution in [0, 0.1) is 6.92 Å². The molecule has 0 saturated carbocycles. The van der Waals surface area contributed by atoms with Crippen LogP contribution in [0.5, 0.6) is 5.75 Å². The number of carbonyl (C=O) groups excluding carboxylic acids is 2. The average Bonchev–Trinajstić information content (AvgIpc) is 3.61. The summed E-state index contributed by atoms with van der Waals surface area (Å²) in [6.45, 7) is -1.98. The van der Waals surface area contributed by atoms with E-state index >= 15 is 0 Å². The minimum atomic E-state index is -2.92. The number of nitrogens with zero attached hydrogens (tertiary/aromatic N) is 5. The van der Waals surface area contributed by atoms with Gasteiger partial charge in [-0.1, -0.05) is 23.9 Å². The number of amides is 3. The van der Waals surface area contributed by atoms with Gasteiger partial charge >= 0.3 is 12.6 Å². The molecule has 0 radical (unpaired) electrons. The highest BCUT2D eigenvalue weighted by Crippen LogP contribution is 2.31. The smallest absolute Gasteiger partial charge is 0.387 e. The summed E-state index contributed by atoms with van der Waals surface area (Å²) in [5.74, 6) is 0.157. The molecule has 0 atom stereocenters. The van der Waals surface area contributed by atoms with Crippen molar-refractivity contribution >= 4 is 40.2 Å². The summed E-state index contributed by atoms with van der Waals surface area (Å²) in [7, 11) is 0. The number of thioether (sulfide) groups is 1. The minimum Gasteiger partial charge on any atom is -0.435 e. The van der Waals surface area contributed by atoms with Crippen molar-refractivity contribution in [3.05, 3.63) is 84.2 Å². The van der Waals surface area contributed by atoms with Gasteiger partial charge in [0.25, 0.3) is 6.43 Å². The molecule has 5 rings (SSSR count). The van der Waals surface area contributed by atoms with Gasteiger partial charge < -0.3 is 14.8 Å². The van der Waals surface area contributed by atoms with Gasteiger partial charge in [-0.3, -0.25) is 9.69 Å². The molecule has 44 heavy (non-hydrogen) atoms. The van der Waals surface area contributed by atoms with E-state index < -0.39 is 25.7 Å². The Kier molecular flexibility index (Phi) is 9.55. The van der Waals surface area contributed by atoms with Crippen LogP contribution in [0.3, 0.4) is 0 Å². The first-order valence-electron chi connectivity index (χ1n) is 13.0. The quantitative estimate of drug-likeness (QED) is 0.206. The van der Waals surface area contributed by atoms with Gasteiger partial charge in [0.05, 0.1) is 23.7 Å². The van der Waals surface area contributed by atoms with Gasteiger partial charge in [0.15, 0.2) is 11.0 Å². The monoisotopic (exact) mass is 628 g/mol. The third kappa shape index (κ3) is 7.60. The Morgan fingerprint density at radius 3 is 2.52 bits per heavy atom. The Labute approximate surface area is 252 Å². The summed E-state index contributed by atoms with van der Waals surface area (Å²) in [6, 6.07) is 17.0. The van der Waals surface area contributed by atoms with Crippen molar-refractivity contribution in [3.8, 4) is 22.8 Å². The van der Waals surface area contributed by atoms with Crippen LogP contribution in [0.1, 0.15) is 11.1 Å². The molecule has 1 saturated heterocycles. The van der Waals surface area contributed by atoms with E-state index in [1.807, 2.05) is 6.92 Å². The number of anilines is 2. The SMILES string of the molecule is Cc1ccc(COCC(F)F)c(N2C(=O)CS/C2=N\C(=O)Nc2ccc(-c3ncn(-c4ccc(OC(F)F)cc4)n3)cc2)c1. The third-order valence-corrected chi connectivity index (χ3v) is 7.08. The highest BCUT2D eigenvalue weighted by atomic mass is 32.2. The van der Waals surface area contributed by atoms with Gasteiger partial charge in [0.2, 0.25) is 5.91 Å². The van der Waals surface area contributed by atoms with Gasteiger partial charge in [-0.05, 0) is 67.1 Å². The zero-order valence-electron chi connectivity index (χ0n) is 23.0. The van der Waals surface area contributed by atoms with Crippen LogP contribution in [0.2, 0.25) is 0 Å². The van der Waals surface area contributed by atoms with Crippen molar-refractivity contribution in [3.63, 3.8) is 0 Å². The van der Waals surface area contributed by atoms with Crippen molar-refractivity contribution in [1.82, 2.24) is 14.8 Å². The predicted octanol–water partition coefficient (Wildman–Crippen LogP) is 6.29. The molecule has 2 heterocycles. The van der Waals surface area contributed by atoms with E-state index in [0.717, 1.165) is 17.3 Å². The number of aliphatic imine (C=N–C) groups is 1. The molecule has 3 amide bonds. The summed E-state index contributed by atoms with van der Waals surface area (Å²) in [5, 5.41) is 7.21. The summed E-state index contributed by atoms with van der Waals surface area (Å²) in [4.78, 5) is 35.3. The summed E-state index contributed by atoms with van der Waals surface area (Å²) in [6.07, 6.45) is -1.15. The van der Waals surface area contributed by atoms with Crippen LogP contribution in [-0.4, -0.2) is 57.3 Å². The number of aryl methyl sites for hydroxylation is 1. The number of benzene rings is 3. The molecule has 1 aromatic heterocycles. The molecule has 15 heteroatoms. The van der Waals surface area contributed by atoms with Crippen molar-refractivity contribution in [2.24, 2.45) is 4.99 Å². The maximum Gasteiger partial charge on any atom is 0.387 e. The normalized spacial score (nSPS) is 14.2. The Balaban J connectivity index is 1.26. The number of rotatable bonds is 10. The summed E-state index contributed by atoms with van der Waals surface area (Å²) in [5.41, 5.74) is 3.40. The molecule has 0 bridgehead atoms. The summed E-state index contributed by atoms with van der Waals surface area (Å²) >= 11 is 1.08. The first-order valence-corrected chi connectivity index (χ1v) is 14.0. The fourth-order valence-electron chi connectivity index (χ4n) is 4.18. The lowest BCUT2D eigenvalue weighted by molar-refractivity contribution is -0.115. The van der Waals surface area contributed by atoms with Crippen LogP contribution in [0.4, 0.5) is 33.7 Å². The number of hydrogen-bond acceptors (Lipinski definition) is 7. The molecule has 1 fully saturated rings. The number of aromatic nitrogens is 3. The number of nitrogens with one attached hydrogen (secondary N) is 1. The second kappa shape index (κ2) is 13.7. The van der Waals surface area contributed by atoms with Gasteiger partial charge in [-0.25, -0.2) is 23.2 Å². The fourth-order valence-corrected chi connectivity index (χ4v) is 5.04. The van der Waals surface area contributed by atoms with E-state index in [-0.39, 0.29) is 29.2 Å². The average molecular weight is 629 g/mol. The summed E-state index contributed by atoms with van der Waals surface area (Å²) < 4.78 is 60.8. The number of hydrogen-bond donors (Lipinski definition) is 1. The zero-order valence-corrected chi connectivity index (χ0v) is 23.8. The first-order chi connectivity index (χ1) is 21.2. The van der Waals surface area contributed by atoms with Crippen LogP contribution < -0.4 is 15.0 Å². The molecule has 0 spiro atoms. The number of amidine groups is 1. The molecule has 228 valence electrons. The Hall–Kier alpha value is -4.76. The molecule has 0 aliphatic carbocycles. The maximum absolute atomic E-state index is 12.8. The molecule has 1 aliphatic rings. The van der Waals surface area contributed by atoms with Crippen LogP contribution in [0.25, 0.3) is 17.1 Å². The number of ether oxygens (including phenoxy) is 2. The van der Waals surface area contributed by atoms with E-state index in [0.29, 0.717) is 34.0 Å². The van der Waals surface area contributed by atoms with Crippen molar-refractivity contribution < 1.29 is 36.6 Å². The predicted molar refractivity (Wildman–Crippen MR) is 157 cm³/mol. The lowest BCUT2D eigenvalue weighted by atomic mass is 10.1. The zero-order chi connectivity index (χ0) is 31.2. The number of urea groups is 1. The van der Waals surface area contributed by atoms with E-state index in [1.54, 1.807) is 54.6 Å². The first kappa shape index (κ1) is 30.7. The topological polar surface area (TPSA) is 111 Å². The van der Waals surface area contributed by atoms with Crippen molar-refractivity contribution in [2.45, 2.75) is 26.6 Å². The Morgan fingerprint density at radius 1 is 1.07 bits per heavy atom. The molecular weight excluding hydrogens is 604 g/mol. The standard InChI is InChI=1S/C29H24F4N6O4S/c1-17-2-3-19(13-42-14-24(30)31)23(12-17)39-25(40)15-44-29(39)36-28(41)35-20-6-4-18(5-7-20)26-34-16-38(37-26)21-8-10-22(11-9-21)43-27(32)33/h2-12,16,24,27H,13-15H2,1H3,(H,35,41)/b36-29-. The maximum atomic E-state index is 12.8. The lowest BCUT2D eigenvalue weighted by Crippen LogP contribution is -2.31. The van der Waals surface area contributed by atoms with E-state index in [9.17, 15) is 27.2 Å². The van der Waals surface area contributed by atoms with E-state index in [2.05, 4.69) is 25.1 Å². The lowest BCUT2D eigenvalue weighted by Gasteiger charge is -2.20. The van der Waals surface area contributed by atoms with Gasteiger partial charge in [0, 0.05) is 16.8 Å². The fraction of sp³-hybridized carbons (Fsp3) is 0.207. The Morgan fingerprint density at radius 2 is 1.82 bits per heavy atom. The highest BCUT2D eigenvalue weighted by Gasteiger charge is 2.32. The van der Waals surface area contributed by atoms with Crippen molar-refractivity contribution in [2.75, 3.05) is 22.6 Å². The second-order valence-electron chi connectivity index (χ2n) is 9.34. The largest absolute Gasteiger partial charge is 0.435 e. The molecule has 1 N–H and O–H groups in total. The second-order valence-corrected chi connectivity index (χ2v) is 10.3. The van der Waals surface area contributed by atoms with Crippen LogP contribution in [-0.2, 0) is 16.1 Å². The van der Waals surface area contributed by atoms with Gasteiger partial charge in [-0.15, -0.1) is 5.10 Å². The molecular formula is C29H24F4N6O4S. The molecule has 1 aliphatic heterocycles. The number of halogens is 4. The molecule has 4 aromatic rings. The number of carbonyl (C=O) groups is 2.